The molecule has 1 aliphatic heterocycles. The summed E-state index contributed by atoms with van der Waals surface area (Å²) in [6.45, 7) is 0. The molecule has 0 saturated carbocycles. The number of carbonyl (C=O) groups is 1. The van der Waals surface area contributed by atoms with Crippen molar-refractivity contribution in [2.45, 2.75) is 18.8 Å². The third-order valence-electron chi connectivity index (χ3n) is 3.70. The first kappa shape index (κ1) is 16.3. The summed E-state index contributed by atoms with van der Waals surface area (Å²) in [5.41, 5.74) is 7.92. The summed E-state index contributed by atoms with van der Waals surface area (Å²) >= 11 is 0. The van der Waals surface area contributed by atoms with Crippen LogP contribution in [0.25, 0.3) is 11.1 Å². The number of benzene rings is 2. The predicted molar refractivity (Wildman–Crippen MR) is 79.5 cm³/mol. The zero-order valence-electron chi connectivity index (χ0n) is 12.2. The maximum atomic E-state index is 12.2. The van der Waals surface area contributed by atoms with E-state index < -0.39 is 18.3 Å². The van der Waals surface area contributed by atoms with Crippen LogP contribution in [0.4, 0.5) is 18.9 Å². The third kappa shape index (κ3) is 3.19. The van der Waals surface area contributed by atoms with Crippen molar-refractivity contribution in [2.75, 3.05) is 5.06 Å². The Bertz CT molecular complexity index is 775. The first-order valence-corrected chi connectivity index (χ1v) is 7.02. The average molecular weight is 338 g/mol. The van der Waals surface area contributed by atoms with Gasteiger partial charge in [0.05, 0.1) is 11.7 Å². The molecule has 2 aromatic rings. The Balaban J connectivity index is 1.90. The Morgan fingerprint density at radius 1 is 1.12 bits per heavy atom. The van der Waals surface area contributed by atoms with Gasteiger partial charge in [-0.25, -0.2) is 0 Å². The molecule has 5 nitrogen and oxygen atoms in total. The number of hydrogen-bond acceptors (Lipinski definition) is 4. The molecule has 3 N–H and O–H groups in total. The Hall–Kier alpha value is -2.58. The largest absolute Gasteiger partial charge is 0.573 e. The van der Waals surface area contributed by atoms with Crippen molar-refractivity contribution >= 4 is 11.6 Å². The van der Waals surface area contributed by atoms with Crippen molar-refractivity contribution in [3.63, 3.8) is 0 Å². The maximum absolute atomic E-state index is 12.2. The minimum Gasteiger partial charge on any atom is -0.406 e. The molecule has 1 heterocycles. The number of nitrogens with two attached hydrogens (primary N) is 1. The van der Waals surface area contributed by atoms with Gasteiger partial charge in [-0.1, -0.05) is 24.3 Å². The number of hydroxylamine groups is 1. The fourth-order valence-corrected chi connectivity index (χ4v) is 2.56. The van der Waals surface area contributed by atoms with Gasteiger partial charge < -0.3 is 10.5 Å². The van der Waals surface area contributed by atoms with Gasteiger partial charge in [-0.15, -0.1) is 13.2 Å². The molecule has 0 aliphatic carbocycles. The number of carbonyl (C=O) groups excluding carboxylic acids is 1. The zero-order valence-corrected chi connectivity index (χ0v) is 12.2. The minimum atomic E-state index is -4.75. The average Bonchev–Trinajstić information content (AvgIpc) is 2.52. The Kier molecular flexibility index (Phi) is 3.94. The lowest BCUT2D eigenvalue weighted by Gasteiger charge is -2.28. The normalized spacial score (nSPS) is 17.6. The van der Waals surface area contributed by atoms with Gasteiger partial charge in [0.25, 0.3) is 5.91 Å². The van der Waals surface area contributed by atoms with Crippen molar-refractivity contribution in [1.29, 1.82) is 0 Å². The highest BCUT2D eigenvalue weighted by Gasteiger charge is 2.31. The van der Waals surface area contributed by atoms with E-state index in [2.05, 4.69) is 4.74 Å². The summed E-state index contributed by atoms with van der Waals surface area (Å²) in [5, 5.41) is 10.4. The topological polar surface area (TPSA) is 75.8 Å². The van der Waals surface area contributed by atoms with Gasteiger partial charge in [0.15, 0.2) is 0 Å². The molecule has 24 heavy (non-hydrogen) atoms. The van der Waals surface area contributed by atoms with Crippen LogP contribution in [0.1, 0.15) is 5.56 Å². The van der Waals surface area contributed by atoms with Crippen molar-refractivity contribution in [2.24, 2.45) is 5.73 Å². The van der Waals surface area contributed by atoms with Gasteiger partial charge in [-0.05, 0) is 41.3 Å². The van der Waals surface area contributed by atoms with Crippen LogP contribution < -0.4 is 15.5 Å². The Labute approximate surface area is 135 Å². The van der Waals surface area contributed by atoms with Crippen LogP contribution >= 0.6 is 0 Å². The van der Waals surface area contributed by atoms with E-state index in [0.29, 0.717) is 33.9 Å². The lowest BCUT2D eigenvalue weighted by molar-refractivity contribution is -0.274. The first-order chi connectivity index (χ1) is 11.2. The van der Waals surface area contributed by atoms with Gasteiger partial charge in [-0.2, -0.15) is 5.06 Å². The molecule has 126 valence electrons. The van der Waals surface area contributed by atoms with E-state index in [0.717, 1.165) is 0 Å². The molecule has 1 atom stereocenters. The standard InChI is InChI=1S/C16H13F3N2O3/c17-16(18,19)24-12-5-3-9(4-6-12)10-1-2-11-7-13(20)15(22)21(23)14(11)8-10/h1-6,8,13,23H,7,20H2. The molecular formula is C16H13F3N2O3. The highest BCUT2D eigenvalue weighted by molar-refractivity contribution is 5.98. The molecule has 2 aromatic carbocycles. The summed E-state index contributed by atoms with van der Waals surface area (Å²) < 4.78 is 40.3. The second-order valence-corrected chi connectivity index (χ2v) is 5.38. The van der Waals surface area contributed by atoms with E-state index in [1.54, 1.807) is 18.2 Å². The summed E-state index contributed by atoms with van der Waals surface area (Å²) in [6, 6.07) is 9.56. The zero-order chi connectivity index (χ0) is 17.5. The van der Waals surface area contributed by atoms with Crippen LogP contribution in [0.2, 0.25) is 0 Å². The van der Waals surface area contributed by atoms with Crippen molar-refractivity contribution < 1.29 is 27.9 Å². The molecule has 0 spiro atoms. The fraction of sp³-hybridized carbons (Fsp3) is 0.188. The first-order valence-electron chi connectivity index (χ1n) is 7.02. The van der Waals surface area contributed by atoms with Crippen LogP contribution in [0.5, 0.6) is 5.75 Å². The van der Waals surface area contributed by atoms with Crippen LogP contribution in [-0.2, 0) is 11.2 Å². The van der Waals surface area contributed by atoms with E-state index in [1.165, 1.54) is 24.3 Å². The molecule has 8 heteroatoms. The fourth-order valence-electron chi connectivity index (χ4n) is 2.56. The van der Waals surface area contributed by atoms with E-state index in [-0.39, 0.29) is 5.75 Å². The van der Waals surface area contributed by atoms with Gasteiger partial charge in [-0.3, -0.25) is 10.0 Å². The van der Waals surface area contributed by atoms with Gasteiger partial charge in [0.1, 0.15) is 5.75 Å². The molecule has 1 aliphatic rings. The van der Waals surface area contributed by atoms with E-state index in [9.17, 15) is 23.2 Å². The lowest BCUT2D eigenvalue weighted by Crippen LogP contribution is -2.47. The number of rotatable bonds is 2. The number of hydrogen-bond donors (Lipinski definition) is 2. The molecule has 0 radical (unpaired) electrons. The molecule has 0 fully saturated rings. The third-order valence-corrected chi connectivity index (χ3v) is 3.70. The van der Waals surface area contributed by atoms with E-state index >= 15 is 0 Å². The van der Waals surface area contributed by atoms with Crippen molar-refractivity contribution in [3.8, 4) is 16.9 Å². The highest BCUT2D eigenvalue weighted by atomic mass is 19.4. The highest BCUT2D eigenvalue weighted by Crippen LogP contribution is 2.32. The smallest absolute Gasteiger partial charge is 0.406 e. The van der Waals surface area contributed by atoms with E-state index in [4.69, 9.17) is 5.73 Å². The molecule has 1 unspecified atom stereocenters. The van der Waals surface area contributed by atoms with Gasteiger partial charge in [0, 0.05) is 0 Å². The number of alkyl halides is 3. The lowest BCUT2D eigenvalue weighted by atomic mass is 9.95. The molecule has 3 rings (SSSR count). The molecule has 0 aromatic heterocycles. The predicted octanol–water partition coefficient (Wildman–Crippen LogP) is 2.86. The number of nitrogens with zero attached hydrogens (tertiary/aromatic N) is 1. The number of amides is 1. The van der Waals surface area contributed by atoms with E-state index in [1.807, 2.05) is 0 Å². The minimum absolute atomic E-state index is 0.309. The summed E-state index contributed by atoms with van der Waals surface area (Å²) in [4.78, 5) is 11.7. The van der Waals surface area contributed by atoms with Crippen molar-refractivity contribution in [3.05, 3.63) is 48.0 Å². The second-order valence-electron chi connectivity index (χ2n) is 5.38. The summed E-state index contributed by atoms with van der Waals surface area (Å²) in [5.74, 6) is -0.928. The molecular weight excluding hydrogens is 325 g/mol. The number of fused-ring (bicyclic) bond motifs is 1. The van der Waals surface area contributed by atoms with Crippen LogP contribution in [-0.4, -0.2) is 23.5 Å². The van der Waals surface area contributed by atoms with Crippen LogP contribution in [0.3, 0.4) is 0 Å². The molecule has 0 saturated heterocycles. The summed E-state index contributed by atoms with van der Waals surface area (Å²) in [7, 11) is 0. The van der Waals surface area contributed by atoms with Gasteiger partial charge in [0.2, 0.25) is 0 Å². The SMILES string of the molecule is NC1Cc2ccc(-c3ccc(OC(F)(F)F)cc3)cc2N(O)C1=O. The number of ether oxygens (including phenoxy) is 1. The summed E-state index contributed by atoms with van der Waals surface area (Å²) in [6.07, 6.45) is -4.44. The van der Waals surface area contributed by atoms with Gasteiger partial charge >= 0.3 is 6.36 Å². The van der Waals surface area contributed by atoms with Crippen molar-refractivity contribution in [1.82, 2.24) is 0 Å². The second kappa shape index (κ2) is 5.81. The van der Waals surface area contributed by atoms with Crippen LogP contribution in [0, 0.1) is 0 Å². The van der Waals surface area contributed by atoms with Crippen LogP contribution in [0.15, 0.2) is 42.5 Å². The number of halogens is 3. The number of anilines is 1. The Morgan fingerprint density at radius 2 is 1.75 bits per heavy atom. The monoisotopic (exact) mass is 338 g/mol. The maximum Gasteiger partial charge on any atom is 0.573 e. The Morgan fingerprint density at radius 3 is 2.38 bits per heavy atom. The molecule has 1 amide bonds. The quantitative estimate of drug-likeness (QED) is 0.826. The molecule has 0 bridgehead atoms.